The van der Waals surface area contributed by atoms with Gasteiger partial charge in [-0.05, 0) is 29.3 Å². The minimum absolute atomic E-state index is 0.0854. The Hall–Kier alpha value is -3.67. The van der Waals surface area contributed by atoms with Gasteiger partial charge in [0.1, 0.15) is 17.8 Å². The maximum atomic E-state index is 11.1. The van der Waals surface area contributed by atoms with E-state index in [-0.39, 0.29) is 5.91 Å². The number of carbonyl (C=O) groups is 1. The number of aromatic amines is 1. The summed E-state index contributed by atoms with van der Waals surface area (Å²) in [6.45, 7) is 2.19. The van der Waals surface area contributed by atoms with Crippen LogP contribution in [0.15, 0.2) is 67.0 Å². The minimum atomic E-state index is -0.0854. The Morgan fingerprint density at radius 2 is 1.81 bits per heavy atom. The number of hydrogen-bond acceptors (Lipinski definition) is 4. The maximum absolute atomic E-state index is 11.1. The second-order valence-corrected chi connectivity index (χ2v) is 6.27. The fraction of sp³-hybridized carbons (Fsp3) is 0.0952. The molecule has 0 fully saturated rings. The highest BCUT2D eigenvalue weighted by molar-refractivity contribution is 5.92. The molecule has 4 aromatic rings. The van der Waals surface area contributed by atoms with Crippen molar-refractivity contribution in [3.63, 3.8) is 0 Å². The van der Waals surface area contributed by atoms with Gasteiger partial charge < -0.3 is 15.6 Å². The first-order valence-electron chi connectivity index (χ1n) is 8.68. The molecule has 0 bridgehead atoms. The lowest BCUT2D eigenvalue weighted by molar-refractivity contribution is -0.114. The van der Waals surface area contributed by atoms with Crippen LogP contribution in [0.25, 0.3) is 22.3 Å². The van der Waals surface area contributed by atoms with Gasteiger partial charge in [0.25, 0.3) is 0 Å². The van der Waals surface area contributed by atoms with Crippen molar-refractivity contribution in [2.75, 3.05) is 10.6 Å². The molecule has 0 aliphatic heterocycles. The molecular weight excluding hydrogens is 338 g/mol. The summed E-state index contributed by atoms with van der Waals surface area (Å²) in [5.74, 6) is 0.707. The van der Waals surface area contributed by atoms with Gasteiger partial charge in [0, 0.05) is 24.8 Å². The molecule has 0 radical (unpaired) electrons. The zero-order chi connectivity index (χ0) is 18.6. The number of nitrogens with zero attached hydrogens (tertiary/aromatic N) is 2. The number of anilines is 2. The van der Waals surface area contributed by atoms with E-state index in [0.717, 1.165) is 33.8 Å². The van der Waals surface area contributed by atoms with E-state index in [2.05, 4.69) is 37.7 Å². The molecule has 3 N–H and O–H groups in total. The van der Waals surface area contributed by atoms with Crippen LogP contribution in [0.1, 0.15) is 12.5 Å². The standard InChI is InChI=1S/C21H19N5O/c1-14(27)25-17-9-7-16(8-10-17)19-11-18-20(23-13-24-21(18)26-19)22-12-15-5-3-2-4-6-15/h2-11,13H,12H2,1H3,(H,25,27)(H2,22,23,24,26). The molecule has 6 nitrogen and oxygen atoms in total. The fourth-order valence-electron chi connectivity index (χ4n) is 2.95. The number of carbonyl (C=O) groups excluding carboxylic acids is 1. The Morgan fingerprint density at radius 1 is 1.04 bits per heavy atom. The van der Waals surface area contributed by atoms with E-state index in [4.69, 9.17) is 0 Å². The van der Waals surface area contributed by atoms with Gasteiger partial charge in [-0.2, -0.15) is 0 Å². The van der Waals surface area contributed by atoms with Gasteiger partial charge in [-0.3, -0.25) is 4.79 Å². The number of H-pyrrole nitrogens is 1. The highest BCUT2D eigenvalue weighted by Gasteiger charge is 2.09. The van der Waals surface area contributed by atoms with Crippen LogP contribution >= 0.6 is 0 Å². The van der Waals surface area contributed by atoms with Gasteiger partial charge in [-0.25, -0.2) is 9.97 Å². The number of hydrogen-bond donors (Lipinski definition) is 3. The van der Waals surface area contributed by atoms with Crippen molar-refractivity contribution in [1.29, 1.82) is 0 Å². The Balaban J connectivity index is 1.59. The predicted molar refractivity (Wildman–Crippen MR) is 107 cm³/mol. The van der Waals surface area contributed by atoms with Crippen molar-refractivity contribution in [1.82, 2.24) is 15.0 Å². The smallest absolute Gasteiger partial charge is 0.221 e. The number of benzene rings is 2. The molecule has 0 atom stereocenters. The molecule has 4 rings (SSSR count). The van der Waals surface area contributed by atoms with Crippen LogP contribution in [-0.2, 0) is 11.3 Å². The van der Waals surface area contributed by atoms with Crippen LogP contribution in [0.4, 0.5) is 11.5 Å². The summed E-state index contributed by atoms with van der Waals surface area (Å²) >= 11 is 0. The molecule has 27 heavy (non-hydrogen) atoms. The van der Waals surface area contributed by atoms with Gasteiger partial charge >= 0.3 is 0 Å². The van der Waals surface area contributed by atoms with Gasteiger partial charge in [0.15, 0.2) is 0 Å². The number of amides is 1. The zero-order valence-electron chi connectivity index (χ0n) is 14.9. The summed E-state index contributed by atoms with van der Waals surface area (Å²) in [6, 6.07) is 19.9. The van der Waals surface area contributed by atoms with Gasteiger partial charge in [-0.15, -0.1) is 0 Å². The lowest BCUT2D eigenvalue weighted by Crippen LogP contribution is -2.05. The van der Waals surface area contributed by atoms with Crippen LogP contribution < -0.4 is 10.6 Å². The van der Waals surface area contributed by atoms with E-state index in [1.165, 1.54) is 12.5 Å². The van der Waals surface area contributed by atoms with E-state index < -0.39 is 0 Å². The third-order valence-corrected chi connectivity index (χ3v) is 4.24. The lowest BCUT2D eigenvalue weighted by atomic mass is 10.1. The largest absolute Gasteiger partial charge is 0.365 e. The van der Waals surface area contributed by atoms with Crippen molar-refractivity contribution < 1.29 is 4.79 Å². The van der Waals surface area contributed by atoms with E-state index in [9.17, 15) is 4.79 Å². The molecule has 0 aliphatic rings. The lowest BCUT2D eigenvalue weighted by Gasteiger charge is -2.06. The van der Waals surface area contributed by atoms with Crippen LogP contribution in [0.3, 0.4) is 0 Å². The molecule has 0 saturated heterocycles. The van der Waals surface area contributed by atoms with E-state index in [1.807, 2.05) is 48.5 Å². The fourth-order valence-corrected chi connectivity index (χ4v) is 2.95. The summed E-state index contributed by atoms with van der Waals surface area (Å²) in [5, 5.41) is 7.09. The molecule has 2 aromatic carbocycles. The second kappa shape index (κ2) is 7.29. The van der Waals surface area contributed by atoms with Crippen molar-refractivity contribution >= 4 is 28.4 Å². The van der Waals surface area contributed by atoms with Crippen LogP contribution in [0.5, 0.6) is 0 Å². The Bertz CT molecular complexity index is 1070. The molecule has 1 amide bonds. The monoisotopic (exact) mass is 357 g/mol. The molecule has 0 aliphatic carbocycles. The first-order valence-corrected chi connectivity index (χ1v) is 8.68. The normalized spacial score (nSPS) is 10.7. The zero-order valence-corrected chi connectivity index (χ0v) is 14.9. The maximum Gasteiger partial charge on any atom is 0.221 e. The average Bonchev–Trinajstić information content (AvgIpc) is 3.12. The third kappa shape index (κ3) is 3.79. The molecule has 2 heterocycles. The third-order valence-electron chi connectivity index (χ3n) is 4.24. The summed E-state index contributed by atoms with van der Waals surface area (Å²) in [7, 11) is 0. The van der Waals surface area contributed by atoms with E-state index in [1.54, 1.807) is 6.33 Å². The van der Waals surface area contributed by atoms with Crippen molar-refractivity contribution in [3.8, 4) is 11.3 Å². The highest BCUT2D eigenvalue weighted by atomic mass is 16.1. The van der Waals surface area contributed by atoms with E-state index in [0.29, 0.717) is 6.54 Å². The minimum Gasteiger partial charge on any atom is -0.365 e. The van der Waals surface area contributed by atoms with Crippen LogP contribution in [0.2, 0.25) is 0 Å². The van der Waals surface area contributed by atoms with Crippen molar-refractivity contribution in [2.45, 2.75) is 13.5 Å². The first-order chi connectivity index (χ1) is 13.2. The number of fused-ring (bicyclic) bond motifs is 1. The van der Waals surface area contributed by atoms with Crippen LogP contribution in [0, 0.1) is 0 Å². The number of rotatable bonds is 5. The SMILES string of the molecule is CC(=O)Nc1ccc(-c2cc3c(NCc4ccccc4)ncnc3[nH]2)cc1. The molecule has 0 unspecified atom stereocenters. The van der Waals surface area contributed by atoms with E-state index >= 15 is 0 Å². The summed E-state index contributed by atoms with van der Waals surface area (Å²) in [5.41, 5.74) is 4.70. The average molecular weight is 357 g/mol. The Kier molecular flexibility index (Phi) is 4.53. The van der Waals surface area contributed by atoms with Crippen molar-refractivity contribution in [2.24, 2.45) is 0 Å². The van der Waals surface area contributed by atoms with Crippen LogP contribution in [-0.4, -0.2) is 20.9 Å². The Labute approximate surface area is 156 Å². The van der Waals surface area contributed by atoms with Gasteiger partial charge in [-0.1, -0.05) is 42.5 Å². The molecule has 6 heteroatoms. The predicted octanol–water partition coefficient (Wildman–Crippen LogP) is 4.20. The topological polar surface area (TPSA) is 82.7 Å². The molecule has 0 saturated carbocycles. The summed E-state index contributed by atoms with van der Waals surface area (Å²) < 4.78 is 0. The molecule has 2 aromatic heterocycles. The summed E-state index contributed by atoms with van der Waals surface area (Å²) in [4.78, 5) is 23.2. The van der Waals surface area contributed by atoms with Crippen molar-refractivity contribution in [3.05, 3.63) is 72.6 Å². The quantitative estimate of drug-likeness (QED) is 0.500. The number of aromatic nitrogens is 3. The molecular formula is C21H19N5O. The number of nitrogens with one attached hydrogen (secondary N) is 3. The van der Waals surface area contributed by atoms with Gasteiger partial charge in [0.05, 0.1) is 5.39 Å². The Morgan fingerprint density at radius 3 is 2.56 bits per heavy atom. The molecule has 0 spiro atoms. The highest BCUT2D eigenvalue weighted by Crippen LogP contribution is 2.27. The first kappa shape index (κ1) is 16.8. The second-order valence-electron chi connectivity index (χ2n) is 6.27. The van der Waals surface area contributed by atoms with Gasteiger partial charge in [0.2, 0.25) is 5.91 Å². The summed E-state index contributed by atoms with van der Waals surface area (Å²) in [6.07, 6.45) is 1.55. The molecule has 134 valence electrons.